The molecule has 2 unspecified atom stereocenters. The Hall–Kier alpha value is -2.36. The largest absolute Gasteiger partial charge is 0.491 e. The molecule has 2 aliphatic rings. The van der Waals surface area contributed by atoms with Gasteiger partial charge in [-0.05, 0) is 80.5 Å². The minimum absolute atomic E-state index is 0.0595. The number of rotatable bonds is 9. The molecule has 0 bridgehead atoms. The van der Waals surface area contributed by atoms with Crippen molar-refractivity contribution in [1.82, 2.24) is 0 Å². The molecule has 4 rings (SSSR count). The molecule has 34 heavy (non-hydrogen) atoms. The molecule has 2 aliphatic carbocycles. The van der Waals surface area contributed by atoms with E-state index in [1.807, 2.05) is 0 Å². The summed E-state index contributed by atoms with van der Waals surface area (Å²) in [7, 11) is 0. The zero-order valence-corrected chi connectivity index (χ0v) is 20.6. The molecule has 0 heterocycles. The van der Waals surface area contributed by atoms with Crippen LogP contribution in [0.3, 0.4) is 0 Å². The van der Waals surface area contributed by atoms with Crippen molar-refractivity contribution in [2.45, 2.75) is 77.0 Å². The smallest absolute Gasteiger partial charge is 0.204 e. The SMILES string of the molecule is CCCC1CCC(c2ccc(C3C=CC(COc4ccc(OCC)c(F)c4F)CC3)cc2)CC1. The maximum Gasteiger partial charge on any atom is 0.204 e. The third-order valence-electron chi connectivity index (χ3n) is 7.61. The van der Waals surface area contributed by atoms with Crippen molar-refractivity contribution in [3.8, 4) is 11.5 Å². The van der Waals surface area contributed by atoms with Gasteiger partial charge in [0.25, 0.3) is 0 Å². The highest BCUT2D eigenvalue weighted by Crippen LogP contribution is 2.38. The van der Waals surface area contributed by atoms with Crippen LogP contribution in [0, 0.1) is 23.5 Å². The zero-order chi connectivity index (χ0) is 23.9. The van der Waals surface area contributed by atoms with Crippen molar-refractivity contribution < 1.29 is 18.3 Å². The predicted octanol–water partition coefficient (Wildman–Crippen LogP) is 8.57. The van der Waals surface area contributed by atoms with Crippen LogP contribution < -0.4 is 9.47 Å². The number of hydrogen-bond donors (Lipinski definition) is 0. The summed E-state index contributed by atoms with van der Waals surface area (Å²) < 4.78 is 39.0. The van der Waals surface area contributed by atoms with Gasteiger partial charge in [0.1, 0.15) is 0 Å². The van der Waals surface area contributed by atoms with Gasteiger partial charge in [-0.25, -0.2) is 0 Å². The van der Waals surface area contributed by atoms with Crippen LogP contribution in [0.15, 0.2) is 48.6 Å². The summed E-state index contributed by atoms with van der Waals surface area (Å²) >= 11 is 0. The van der Waals surface area contributed by atoms with Crippen molar-refractivity contribution in [3.63, 3.8) is 0 Å². The van der Waals surface area contributed by atoms with E-state index in [2.05, 4.69) is 43.3 Å². The Morgan fingerprint density at radius 1 is 0.735 bits per heavy atom. The van der Waals surface area contributed by atoms with Gasteiger partial charge in [0, 0.05) is 11.8 Å². The first-order chi connectivity index (χ1) is 16.6. The van der Waals surface area contributed by atoms with Crippen LogP contribution in [0.25, 0.3) is 0 Å². The minimum atomic E-state index is -0.990. The standard InChI is InChI=1S/C30H38F2O2/c1-3-5-21-6-10-23(11-7-21)25-14-16-26(17-15-25)24-12-8-22(9-13-24)20-34-28-19-18-27(33-4-2)29(31)30(28)32/h8,12,14-19,21-24H,3-7,9-11,13,20H2,1-2H3. The Morgan fingerprint density at radius 3 is 1.97 bits per heavy atom. The third-order valence-corrected chi connectivity index (χ3v) is 7.61. The highest BCUT2D eigenvalue weighted by atomic mass is 19.2. The van der Waals surface area contributed by atoms with E-state index in [4.69, 9.17) is 9.47 Å². The van der Waals surface area contributed by atoms with E-state index < -0.39 is 11.6 Å². The molecule has 0 spiro atoms. The Labute approximate surface area is 203 Å². The first-order valence-electron chi connectivity index (χ1n) is 13.1. The molecular weight excluding hydrogens is 430 g/mol. The average molecular weight is 469 g/mol. The molecule has 2 atom stereocenters. The third kappa shape index (κ3) is 6.00. The Balaban J connectivity index is 1.28. The molecule has 4 heteroatoms. The lowest BCUT2D eigenvalue weighted by Crippen LogP contribution is -2.16. The van der Waals surface area contributed by atoms with Gasteiger partial charge in [-0.1, -0.05) is 56.2 Å². The van der Waals surface area contributed by atoms with Crippen LogP contribution >= 0.6 is 0 Å². The molecular formula is C30H38F2O2. The molecule has 2 aromatic rings. The van der Waals surface area contributed by atoms with E-state index in [1.165, 1.54) is 61.8 Å². The summed E-state index contributed by atoms with van der Waals surface area (Å²) in [5.41, 5.74) is 2.85. The lowest BCUT2D eigenvalue weighted by atomic mass is 9.77. The lowest BCUT2D eigenvalue weighted by molar-refractivity contribution is 0.243. The molecule has 0 aromatic heterocycles. The molecule has 2 nitrogen and oxygen atoms in total. The van der Waals surface area contributed by atoms with E-state index >= 15 is 0 Å². The van der Waals surface area contributed by atoms with Gasteiger partial charge < -0.3 is 9.47 Å². The van der Waals surface area contributed by atoms with E-state index in [-0.39, 0.29) is 24.0 Å². The maximum absolute atomic E-state index is 14.2. The summed E-state index contributed by atoms with van der Waals surface area (Å²) in [6.07, 6.45) is 14.5. The van der Waals surface area contributed by atoms with E-state index in [1.54, 1.807) is 6.92 Å². The first-order valence-corrected chi connectivity index (χ1v) is 13.1. The molecule has 1 saturated carbocycles. The number of allylic oxidation sites excluding steroid dienone is 1. The fourth-order valence-corrected chi connectivity index (χ4v) is 5.59. The van der Waals surface area contributed by atoms with Gasteiger partial charge in [0.05, 0.1) is 13.2 Å². The van der Waals surface area contributed by atoms with Crippen molar-refractivity contribution in [3.05, 3.63) is 71.3 Å². The van der Waals surface area contributed by atoms with E-state index in [0.29, 0.717) is 12.5 Å². The van der Waals surface area contributed by atoms with Gasteiger partial charge in [-0.2, -0.15) is 8.78 Å². The second-order valence-corrected chi connectivity index (χ2v) is 9.94. The van der Waals surface area contributed by atoms with Crippen LogP contribution in [-0.4, -0.2) is 13.2 Å². The molecule has 184 valence electrons. The van der Waals surface area contributed by atoms with Crippen molar-refractivity contribution in [2.75, 3.05) is 13.2 Å². The fraction of sp³-hybridized carbons (Fsp3) is 0.533. The molecule has 1 fully saturated rings. The van der Waals surface area contributed by atoms with E-state index in [9.17, 15) is 8.78 Å². The Bertz CT molecular complexity index is 945. The first kappa shape index (κ1) is 24.8. The van der Waals surface area contributed by atoms with Crippen LogP contribution in [0.2, 0.25) is 0 Å². The van der Waals surface area contributed by atoms with Crippen molar-refractivity contribution >= 4 is 0 Å². The summed E-state index contributed by atoms with van der Waals surface area (Å²) in [5, 5.41) is 0. The highest BCUT2D eigenvalue weighted by molar-refractivity contribution is 5.35. The van der Waals surface area contributed by atoms with Crippen molar-refractivity contribution in [1.29, 1.82) is 0 Å². The monoisotopic (exact) mass is 468 g/mol. The van der Waals surface area contributed by atoms with Gasteiger partial charge in [0.2, 0.25) is 11.6 Å². The zero-order valence-electron chi connectivity index (χ0n) is 20.6. The van der Waals surface area contributed by atoms with E-state index in [0.717, 1.165) is 24.7 Å². The van der Waals surface area contributed by atoms with Gasteiger partial charge in [0.15, 0.2) is 11.5 Å². The number of ether oxygens (including phenoxy) is 2. The summed E-state index contributed by atoms with van der Waals surface area (Å²) in [5.74, 6) is 0.152. The Morgan fingerprint density at radius 2 is 1.38 bits per heavy atom. The quantitative estimate of drug-likeness (QED) is 0.343. The lowest BCUT2D eigenvalue weighted by Gasteiger charge is -2.29. The second-order valence-electron chi connectivity index (χ2n) is 9.94. The fourth-order valence-electron chi connectivity index (χ4n) is 5.59. The van der Waals surface area contributed by atoms with Crippen LogP contribution in [0.1, 0.15) is 88.2 Å². The van der Waals surface area contributed by atoms with Crippen molar-refractivity contribution in [2.24, 2.45) is 11.8 Å². The molecule has 2 aromatic carbocycles. The summed E-state index contributed by atoms with van der Waals surface area (Å²) in [6, 6.07) is 12.1. The topological polar surface area (TPSA) is 18.5 Å². The van der Waals surface area contributed by atoms with Gasteiger partial charge in [-0.15, -0.1) is 0 Å². The molecule has 0 saturated heterocycles. The summed E-state index contributed by atoms with van der Waals surface area (Å²) in [4.78, 5) is 0. The number of hydrogen-bond acceptors (Lipinski definition) is 2. The summed E-state index contributed by atoms with van der Waals surface area (Å²) in [6.45, 7) is 4.65. The maximum atomic E-state index is 14.2. The number of halogens is 2. The normalized spacial score (nSPS) is 24.7. The molecule has 0 aliphatic heterocycles. The Kier molecular flexibility index (Phi) is 8.64. The molecule has 0 amide bonds. The van der Waals surface area contributed by atoms with Crippen LogP contribution in [0.4, 0.5) is 8.78 Å². The van der Waals surface area contributed by atoms with Crippen LogP contribution in [0.5, 0.6) is 11.5 Å². The highest BCUT2D eigenvalue weighted by Gasteiger charge is 2.23. The molecule has 0 radical (unpaired) electrons. The van der Waals surface area contributed by atoms with Gasteiger partial charge >= 0.3 is 0 Å². The van der Waals surface area contributed by atoms with Crippen LogP contribution in [-0.2, 0) is 0 Å². The average Bonchev–Trinajstić information content (AvgIpc) is 2.88. The van der Waals surface area contributed by atoms with Gasteiger partial charge in [-0.3, -0.25) is 0 Å². The predicted molar refractivity (Wildman–Crippen MR) is 134 cm³/mol. The molecule has 0 N–H and O–H groups in total. The minimum Gasteiger partial charge on any atom is -0.491 e. The second kappa shape index (κ2) is 11.9. The number of benzene rings is 2.